The second kappa shape index (κ2) is 12.7. The maximum absolute atomic E-state index is 13.7. The Morgan fingerprint density at radius 3 is 1.69 bits per heavy atom. The summed E-state index contributed by atoms with van der Waals surface area (Å²) in [4.78, 5) is 13.7. The topological polar surface area (TPSA) is 29.1 Å². The number of unbranched alkanes of at least 4 members (excludes halogenated alkanes) is 3. The molecule has 0 radical (unpaired) electrons. The van der Waals surface area contributed by atoms with Crippen LogP contribution in [0.4, 0.5) is 10.1 Å². The predicted molar refractivity (Wildman–Crippen MR) is 131 cm³/mol. The van der Waals surface area contributed by atoms with Crippen molar-refractivity contribution in [3.63, 3.8) is 0 Å². The van der Waals surface area contributed by atoms with Gasteiger partial charge >= 0.3 is 179 Å². The number of rotatable bonds is 13. The van der Waals surface area contributed by atoms with Crippen molar-refractivity contribution in [2.24, 2.45) is 5.92 Å². The third kappa shape index (κ3) is 7.35. The predicted octanol–water partition coefficient (Wildman–Crippen LogP) is 7.56. The number of hydrogen-bond donors (Lipinski definition) is 1. The van der Waals surface area contributed by atoms with Crippen LogP contribution in [0.25, 0.3) is 0 Å². The molecule has 1 rings (SSSR count). The number of carbonyl (C=O) groups is 1. The Hall–Kier alpha value is -0.950. The molecule has 168 valence electrons. The second-order valence-corrected chi connectivity index (χ2v) is 14.1. The van der Waals surface area contributed by atoms with Crippen LogP contribution < -0.4 is 5.32 Å². The minimum atomic E-state index is -1.80. The third-order valence-electron chi connectivity index (χ3n) is 6.44. The van der Waals surface area contributed by atoms with Crippen LogP contribution in [-0.2, 0) is 4.79 Å². The van der Waals surface area contributed by atoms with Gasteiger partial charge in [-0.05, 0) is 0 Å². The molecule has 1 atom stereocenters. The van der Waals surface area contributed by atoms with Gasteiger partial charge in [0.05, 0.1) is 0 Å². The molecule has 1 aromatic carbocycles. The van der Waals surface area contributed by atoms with Gasteiger partial charge < -0.3 is 0 Å². The Bertz CT molecular complexity index is 599. The number of halogens is 1. The van der Waals surface area contributed by atoms with Crippen molar-refractivity contribution in [3.05, 3.63) is 29.1 Å². The van der Waals surface area contributed by atoms with Crippen molar-refractivity contribution < 1.29 is 9.18 Å². The average Bonchev–Trinajstić information content (AvgIpc) is 2.65. The quantitative estimate of drug-likeness (QED) is 0.325. The molecule has 0 saturated carbocycles. The molecule has 1 amide bonds. The Labute approximate surface area is 179 Å². The zero-order valence-electron chi connectivity index (χ0n) is 20.0. The SMILES string of the molecule is CCCC[PH](CCCC)(CCCC)C(C(=O)Nc1c(C)cc(F)cc1C)C(C)C. The fourth-order valence-electron chi connectivity index (χ4n) is 5.02. The van der Waals surface area contributed by atoms with E-state index in [2.05, 4.69) is 39.9 Å². The van der Waals surface area contributed by atoms with Gasteiger partial charge in [0.25, 0.3) is 0 Å². The number of carbonyl (C=O) groups excluding carboxylic acids is 1. The standard InChI is InChI=1S/C25H45FNOP/c1-8-11-14-29(15-12-9-2,16-13-10-3)24(19(4)5)25(28)27-23-20(6)17-22(26)18-21(23)7/h17-19,24,29H,8-16H2,1-7H3,(H,27,28). The van der Waals surface area contributed by atoms with E-state index in [9.17, 15) is 9.18 Å². The van der Waals surface area contributed by atoms with Gasteiger partial charge in [0.15, 0.2) is 0 Å². The summed E-state index contributed by atoms with van der Waals surface area (Å²) >= 11 is 0. The van der Waals surface area contributed by atoms with Crippen LogP contribution in [0.5, 0.6) is 0 Å². The molecular weight excluding hydrogens is 380 g/mol. The fraction of sp³-hybridized carbons (Fsp3) is 0.720. The van der Waals surface area contributed by atoms with E-state index in [4.69, 9.17) is 0 Å². The summed E-state index contributed by atoms with van der Waals surface area (Å²) < 4.78 is 13.7. The van der Waals surface area contributed by atoms with Gasteiger partial charge in [-0.15, -0.1) is 0 Å². The molecule has 0 bridgehead atoms. The van der Waals surface area contributed by atoms with Crippen molar-refractivity contribution in [3.8, 4) is 0 Å². The molecule has 0 aliphatic heterocycles. The summed E-state index contributed by atoms with van der Waals surface area (Å²) in [5, 5.41) is 3.25. The molecule has 1 unspecified atom stereocenters. The van der Waals surface area contributed by atoms with Crippen LogP contribution >= 0.6 is 7.26 Å². The maximum atomic E-state index is 13.7. The van der Waals surface area contributed by atoms with E-state index in [1.54, 1.807) is 0 Å². The molecule has 1 N–H and O–H groups in total. The third-order valence-corrected chi connectivity index (χ3v) is 12.7. The Morgan fingerprint density at radius 1 is 0.931 bits per heavy atom. The molecule has 0 saturated heterocycles. The summed E-state index contributed by atoms with van der Waals surface area (Å²) in [6.45, 7) is 15.0. The monoisotopic (exact) mass is 425 g/mol. The number of hydrogen-bond acceptors (Lipinski definition) is 1. The van der Waals surface area contributed by atoms with E-state index in [0.717, 1.165) is 16.8 Å². The molecule has 0 fully saturated rings. The number of anilines is 1. The van der Waals surface area contributed by atoms with Crippen molar-refractivity contribution in [1.29, 1.82) is 0 Å². The van der Waals surface area contributed by atoms with Gasteiger partial charge in [-0.3, -0.25) is 0 Å². The van der Waals surface area contributed by atoms with Crippen LogP contribution in [0, 0.1) is 25.6 Å². The van der Waals surface area contributed by atoms with Crippen LogP contribution in [0.3, 0.4) is 0 Å². The molecule has 2 nitrogen and oxygen atoms in total. The summed E-state index contributed by atoms with van der Waals surface area (Å²) in [6.07, 6.45) is 11.0. The number of aryl methyl sites for hydroxylation is 2. The number of nitrogens with one attached hydrogen (secondary N) is 1. The van der Waals surface area contributed by atoms with Crippen molar-refractivity contribution in [2.45, 2.75) is 92.7 Å². The second-order valence-electron chi connectivity index (χ2n) is 9.30. The molecule has 1 aromatic rings. The fourth-order valence-corrected chi connectivity index (χ4v) is 11.9. The van der Waals surface area contributed by atoms with E-state index in [0.29, 0.717) is 5.92 Å². The molecule has 0 spiro atoms. The average molecular weight is 426 g/mol. The van der Waals surface area contributed by atoms with E-state index in [1.807, 2.05) is 13.8 Å². The van der Waals surface area contributed by atoms with Gasteiger partial charge in [0.1, 0.15) is 0 Å². The minimum absolute atomic E-state index is 0.107. The first-order chi connectivity index (χ1) is 13.7. The van der Waals surface area contributed by atoms with Gasteiger partial charge in [0, 0.05) is 0 Å². The van der Waals surface area contributed by atoms with Crippen molar-refractivity contribution >= 4 is 18.9 Å². The Kier molecular flexibility index (Phi) is 11.4. The van der Waals surface area contributed by atoms with Crippen molar-refractivity contribution in [2.75, 3.05) is 23.8 Å². The molecule has 29 heavy (non-hydrogen) atoms. The van der Waals surface area contributed by atoms with Crippen LogP contribution in [-0.4, -0.2) is 30.1 Å². The summed E-state index contributed by atoms with van der Waals surface area (Å²) in [7, 11) is -1.80. The zero-order valence-corrected chi connectivity index (χ0v) is 21.0. The Morgan fingerprint density at radius 2 is 1.34 bits per heavy atom. The van der Waals surface area contributed by atoms with Gasteiger partial charge in [-0.25, -0.2) is 0 Å². The molecule has 0 aliphatic rings. The first-order valence-electron chi connectivity index (χ1n) is 11.8. The normalized spacial score (nSPS) is 13.6. The van der Waals surface area contributed by atoms with E-state index in [1.165, 1.54) is 69.1 Å². The van der Waals surface area contributed by atoms with Crippen LogP contribution in [0.2, 0.25) is 0 Å². The van der Waals surface area contributed by atoms with Crippen molar-refractivity contribution in [1.82, 2.24) is 0 Å². The van der Waals surface area contributed by atoms with Gasteiger partial charge in [-0.1, -0.05) is 0 Å². The van der Waals surface area contributed by atoms with Crippen LogP contribution in [0.1, 0.15) is 84.3 Å². The summed E-state index contributed by atoms with van der Waals surface area (Å²) in [5.74, 6) is 0.261. The molecule has 0 aromatic heterocycles. The zero-order chi connectivity index (χ0) is 22.0. The van der Waals surface area contributed by atoms with E-state index >= 15 is 0 Å². The number of benzene rings is 1. The van der Waals surface area contributed by atoms with Crippen LogP contribution in [0.15, 0.2) is 12.1 Å². The first kappa shape index (κ1) is 26.1. The van der Waals surface area contributed by atoms with Gasteiger partial charge in [-0.2, -0.15) is 0 Å². The molecular formula is C25H45FNOP. The molecule has 4 heteroatoms. The van der Waals surface area contributed by atoms with E-state index in [-0.39, 0.29) is 17.4 Å². The summed E-state index contributed by atoms with van der Waals surface area (Å²) in [5.41, 5.74) is 2.52. The van der Waals surface area contributed by atoms with Gasteiger partial charge in [0.2, 0.25) is 0 Å². The molecule has 0 heterocycles. The Balaban J connectivity index is 3.32. The van der Waals surface area contributed by atoms with E-state index < -0.39 is 7.26 Å². The summed E-state index contributed by atoms with van der Waals surface area (Å²) in [6, 6.07) is 3.03. The first-order valence-corrected chi connectivity index (χ1v) is 14.5. The molecule has 0 aliphatic carbocycles. The number of amides is 1.